The normalized spacial score (nSPS) is 13.8. The van der Waals surface area contributed by atoms with Crippen LogP contribution in [0.5, 0.6) is 0 Å². The average Bonchev–Trinajstić information content (AvgIpc) is 3.31. The minimum absolute atomic E-state index is 0.256. The monoisotopic (exact) mass is 380 g/mol. The molecule has 0 aliphatic carbocycles. The van der Waals surface area contributed by atoms with Crippen molar-refractivity contribution in [1.29, 1.82) is 0 Å². The molecule has 27 heavy (non-hydrogen) atoms. The van der Waals surface area contributed by atoms with Crippen molar-refractivity contribution in [1.82, 2.24) is 9.78 Å². The lowest BCUT2D eigenvalue weighted by atomic mass is 10.2. The summed E-state index contributed by atoms with van der Waals surface area (Å²) in [7, 11) is 0. The van der Waals surface area contributed by atoms with E-state index in [1.165, 1.54) is 18.5 Å². The Hall–Kier alpha value is -2.79. The van der Waals surface area contributed by atoms with Crippen molar-refractivity contribution >= 4 is 28.9 Å². The number of amides is 1. The molecule has 4 rings (SSSR count). The third kappa shape index (κ3) is 3.55. The maximum absolute atomic E-state index is 12.8. The van der Waals surface area contributed by atoms with Crippen LogP contribution >= 0.6 is 11.6 Å². The van der Waals surface area contributed by atoms with Gasteiger partial charge in [0, 0.05) is 24.5 Å². The van der Waals surface area contributed by atoms with Crippen LogP contribution in [0.3, 0.4) is 0 Å². The molecule has 138 valence electrons. The van der Waals surface area contributed by atoms with Gasteiger partial charge in [-0.05, 0) is 56.2 Å². The van der Waals surface area contributed by atoms with E-state index in [0.29, 0.717) is 16.4 Å². The zero-order valence-electron chi connectivity index (χ0n) is 15.2. The zero-order chi connectivity index (χ0) is 18.8. The van der Waals surface area contributed by atoms with Gasteiger partial charge >= 0.3 is 0 Å². The van der Waals surface area contributed by atoms with Gasteiger partial charge in [-0.3, -0.25) is 4.79 Å². The van der Waals surface area contributed by atoms with Crippen molar-refractivity contribution in [3.8, 4) is 5.69 Å². The molecule has 1 saturated heterocycles. The van der Waals surface area contributed by atoms with Crippen LogP contribution in [0.1, 0.15) is 28.9 Å². The summed E-state index contributed by atoms with van der Waals surface area (Å²) in [5.41, 5.74) is 3.74. The second kappa shape index (κ2) is 7.45. The summed E-state index contributed by atoms with van der Waals surface area (Å²) in [6.07, 6.45) is 2.48. The van der Waals surface area contributed by atoms with Gasteiger partial charge in [0.2, 0.25) is 0 Å². The van der Waals surface area contributed by atoms with Gasteiger partial charge in [-0.25, -0.2) is 4.68 Å². The molecule has 1 N–H and O–H groups in total. The molecule has 1 aromatic heterocycles. The molecule has 1 fully saturated rings. The van der Waals surface area contributed by atoms with Gasteiger partial charge in [0.05, 0.1) is 11.4 Å². The first kappa shape index (κ1) is 17.6. The summed E-state index contributed by atoms with van der Waals surface area (Å²) in [5.74, 6) is -0.256. The fourth-order valence-electron chi connectivity index (χ4n) is 3.42. The lowest BCUT2D eigenvalue weighted by molar-refractivity contribution is 0.102. The molecule has 0 saturated carbocycles. The lowest BCUT2D eigenvalue weighted by Crippen LogP contribution is -2.17. The van der Waals surface area contributed by atoms with Crippen LogP contribution in [-0.2, 0) is 0 Å². The van der Waals surface area contributed by atoms with Crippen molar-refractivity contribution < 1.29 is 4.79 Å². The SMILES string of the molecule is Cc1nn(-c2ccccc2)c(Cl)c1C(=O)Nc1ccc(N2CCCC2)cc1. The number of nitrogens with zero attached hydrogens (tertiary/aromatic N) is 3. The number of carbonyl (C=O) groups excluding carboxylic acids is 1. The number of halogens is 1. The average molecular weight is 381 g/mol. The van der Waals surface area contributed by atoms with Crippen LogP contribution in [0, 0.1) is 6.92 Å². The van der Waals surface area contributed by atoms with Crippen LogP contribution < -0.4 is 10.2 Å². The molecule has 3 aromatic rings. The summed E-state index contributed by atoms with van der Waals surface area (Å²) in [6.45, 7) is 3.98. The van der Waals surface area contributed by atoms with Crippen LogP contribution in [0.15, 0.2) is 54.6 Å². The summed E-state index contributed by atoms with van der Waals surface area (Å²) in [6, 6.07) is 17.5. The molecule has 1 amide bonds. The molecule has 2 aromatic carbocycles. The van der Waals surface area contributed by atoms with Gasteiger partial charge in [0.25, 0.3) is 5.91 Å². The molecule has 0 unspecified atom stereocenters. The second-order valence-corrected chi connectivity index (χ2v) is 7.05. The number of hydrogen-bond acceptors (Lipinski definition) is 3. The molecule has 5 nitrogen and oxygen atoms in total. The second-order valence-electron chi connectivity index (χ2n) is 6.69. The van der Waals surface area contributed by atoms with E-state index in [1.807, 2.05) is 54.6 Å². The Morgan fingerprint density at radius 2 is 1.67 bits per heavy atom. The first-order chi connectivity index (χ1) is 13.1. The predicted octanol–water partition coefficient (Wildman–Crippen LogP) is 4.69. The number of nitrogens with one attached hydrogen (secondary N) is 1. The third-order valence-electron chi connectivity index (χ3n) is 4.83. The van der Waals surface area contributed by atoms with Crippen molar-refractivity contribution in [3.05, 3.63) is 71.0 Å². The third-order valence-corrected chi connectivity index (χ3v) is 5.18. The summed E-state index contributed by atoms with van der Waals surface area (Å²) in [5, 5.41) is 7.66. The maximum Gasteiger partial charge on any atom is 0.260 e. The van der Waals surface area contributed by atoms with E-state index in [2.05, 4.69) is 15.3 Å². The van der Waals surface area contributed by atoms with Crippen LogP contribution in [0.4, 0.5) is 11.4 Å². The van der Waals surface area contributed by atoms with Gasteiger partial charge in [0.1, 0.15) is 10.7 Å². The fraction of sp³-hybridized carbons (Fsp3) is 0.238. The molecule has 0 radical (unpaired) electrons. The molecule has 0 atom stereocenters. The predicted molar refractivity (Wildman–Crippen MR) is 109 cm³/mol. The van der Waals surface area contributed by atoms with E-state index in [0.717, 1.165) is 24.5 Å². The number of para-hydroxylation sites is 1. The standard InChI is InChI=1S/C21H21ClN4O/c1-15-19(20(22)26(24-15)18-7-3-2-4-8-18)21(27)23-16-9-11-17(12-10-16)25-13-5-6-14-25/h2-4,7-12H,5-6,13-14H2,1H3,(H,23,27). The molecule has 0 spiro atoms. The lowest BCUT2D eigenvalue weighted by Gasteiger charge is -2.17. The van der Waals surface area contributed by atoms with E-state index < -0.39 is 0 Å². The number of benzene rings is 2. The quantitative estimate of drug-likeness (QED) is 0.714. The highest BCUT2D eigenvalue weighted by molar-refractivity contribution is 6.34. The molecule has 1 aliphatic rings. The number of carbonyl (C=O) groups is 1. The number of aryl methyl sites for hydroxylation is 1. The van der Waals surface area contributed by atoms with E-state index >= 15 is 0 Å². The summed E-state index contributed by atoms with van der Waals surface area (Å²) in [4.78, 5) is 15.1. The van der Waals surface area contributed by atoms with Gasteiger partial charge in [-0.15, -0.1) is 0 Å². The molecule has 0 bridgehead atoms. The Morgan fingerprint density at radius 1 is 1.00 bits per heavy atom. The molecular formula is C21H21ClN4O. The number of rotatable bonds is 4. The molecule has 1 aliphatic heterocycles. The highest BCUT2D eigenvalue weighted by Crippen LogP contribution is 2.26. The van der Waals surface area contributed by atoms with Gasteiger partial charge in [0.15, 0.2) is 0 Å². The van der Waals surface area contributed by atoms with E-state index in [-0.39, 0.29) is 5.91 Å². The highest BCUT2D eigenvalue weighted by Gasteiger charge is 2.21. The smallest absolute Gasteiger partial charge is 0.260 e. The van der Waals surface area contributed by atoms with E-state index in [4.69, 9.17) is 11.6 Å². The minimum atomic E-state index is -0.256. The Morgan fingerprint density at radius 3 is 2.33 bits per heavy atom. The Bertz CT molecular complexity index is 944. The fourth-order valence-corrected chi connectivity index (χ4v) is 3.78. The van der Waals surface area contributed by atoms with Crippen LogP contribution in [0.2, 0.25) is 5.15 Å². The Kier molecular flexibility index (Phi) is 4.86. The maximum atomic E-state index is 12.8. The molecule has 6 heteroatoms. The number of hydrogen-bond donors (Lipinski definition) is 1. The Labute approximate surface area is 163 Å². The summed E-state index contributed by atoms with van der Waals surface area (Å²) >= 11 is 6.47. The Balaban J connectivity index is 1.54. The largest absolute Gasteiger partial charge is 0.372 e. The molecular weight excluding hydrogens is 360 g/mol. The van der Waals surface area contributed by atoms with Crippen molar-refractivity contribution in [3.63, 3.8) is 0 Å². The van der Waals surface area contributed by atoms with Gasteiger partial charge in [-0.1, -0.05) is 29.8 Å². The summed E-state index contributed by atoms with van der Waals surface area (Å²) < 4.78 is 1.59. The number of aromatic nitrogens is 2. The van der Waals surface area contributed by atoms with Crippen LogP contribution in [0.25, 0.3) is 5.69 Å². The van der Waals surface area contributed by atoms with Crippen molar-refractivity contribution in [2.75, 3.05) is 23.3 Å². The minimum Gasteiger partial charge on any atom is -0.372 e. The highest BCUT2D eigenvalue weighted by atomic mass is 35.5. The van der Waals surface area contributed by atoms with Gasteiger partial charge < -0.3 is 10.2 Å². The van der Waals surface area contributed by atoms with Crippen molar-refractivity contribution in [2.45, 2.75) is 19.8 Å². The number of anilines is 2. The van der Waals surface area contributed by atoms with Crippen molar-refractivity contribution in [2.24, 2.45) is 0 Å². The molecule has 2 heterocycles. The van der Waals surface area contributed by atoms with E-state index in [9.17, 15) is 4.79 Å². The van der Waals surface area contributed by atoms with E-state index in [1.54, 1.807) is 11.6 Å². The van der Waals surface area contributed by atoms with Gasteiger partial charge in [-0.2, -0.15) is 5.10 Å². The topological polar surface area (TPSA) is 50.2 Å². The first-order valence-electron chi connectivity index (χ1n) is 9.10. The van der Waals surface area contributed by atoms with Crippen LogP contribution in [-0.4, -0.2) is 28.8 Å². The first-order valence-corrected chi connectivity index (χ1v) is 9.48. The zero-order valence-corrected chi connectivity index (χ0v) is 15.9.